The SMILES string of the molecule is CN1CCOC(CNc2cccc(Cl)c2C#N)C1. The Bertz CT molecular complexity index is 458. The van der Waals surface area contributed by atoms with E-state index in [0.29, 0.717) is 17.1 Å². The molecule has 1 heterocycles. The Morgan fingerprint density at radius 2 is 2.44 bits per heavy atom. The normalized spacial score (nSPS) is 20.4. The molecule has 1 N–H and O–H groups in total. The number of anilines is 1. The van der Waals surface area contributed by atoms with Gasteiger partial charge in [0.15, 0.2) is 0 Å². The maximum Gasteiger partial charge on any atom is 0.103 e. The van der Waals surface area contributed by atoms with Gasteiger partial charge in [-0.05, 0) is 19.2 Å². The molecule has 1 atom stereocenters. The zero-order valence-corrected chi connectivity index (χ0v) is 11.1. The van der Waals surface area contributed by atoms with E-state index in [4.69, 9.17) is 21.6 Å². The van der Waals surface area contributed by atoms with Crippen LogP contribution in [-0.2, 0) is 4.74 Å². The van der Waals surface area contributed by atoms with Crippen molar-refractivity contribution in [2.24, 2.45) is 0 Å². The van der Waals surface area contributed by atoms with Crippen molar-refractivity contribution in [1.82, 2.24) is 4.90 Å². The number of rotatable bonds is 3. The van der Waals surface area contributed by atoms with Gasteiger partial charge in [0, 0.05) is 19.6 Å². The number of hydrogen-bond donors (Lipinski definition) is 1. The van der Waals surface area contributed by atoms with Crippen LogP contribution in [0.5, 0.6) is 0 Å². The van der Waals surface area contributed by atoms with Gasteiger partial charge in [0.25, 0.3) is 0 Å². The molecular formula is C13H16ClN3O. The standard InChI is InChI=1S/C13H16ClN3O/c1-17-5-6-18-10(9-17)8-16-13-4-2-3-12(14)11(13)7-15/h2-4,10,16H,5-6,8-9H2,1H3. The molecule has 1 fully saturated rings. The molecule has 0 spiro atoms. The van der Waals surface area contributed by atoms with Crippen molar-refractivity contribution in [3.63, 3.8) is 0 Å². The van der Waals surface area contributed by atoms with Crippen molar-refractivity contribution in [2.45, 2.75) is 6.10 Å². The van der Waals surface area contributed by atoms with Crippen LogP contribution in [0.15, 0.2) is 18.2 Å². The second kappa shape index (κ2) is 6.05. The largest absolute Gasteiger partial charge is 0.381 e. The lowest BCUT2D eigenvalue weighted by molar-refractivity contribution is -0.0117. The lowest BCUT2D eigenvalue weighted by atomic mass is 10.2. The van der Waals surface area contributed by atoms with Crippen molar-refractivity contribution >= 4 is 17.3 Å². The second-order valence-corrected chi connectivity index (χ2v) is 4.82. The Balaban J connectivity index is 1.98. The highest BCUT2D eigenvalue weighted by atomic mass is 35.5. The molecule has 0 saturated carbocycles. The van der Waals surface area contributed by atoms with E-state index in [2.05, 4.69) is 23.3 Å². The maximum atomic E-state index is 9.06. The van der Waals surface area contributed by atoms with Crippen LogP contribution in [0, 0.1) is 11.3 Å². The van der Waals surface area contributed by atoms with Crippen molar-refractivity contribution in [3.05, 3.63) is 28.8 Å². The minimum Gasteiger partial charge on any atom is -0.381 e. The van der Waals surface area contributed by atoms with E-state index in [9.17, 15) is 0 Å². The summed E-state index contributed by atoms with van der Waals surface area (Å²) >= 11 is 5.97. The summed E-state index contributed by atoms with van der Waals surface area (Å²) in [4.78, 5) is 2.24. The molecule has 0 aromatic heterocycles. The fourth-order valence-electron chi connectivity index (χ4n) is 2.00. The molecule has 18 heavy (non-hydrogen) atoms. The molecule has 1 unspecified atom stereocenters. The van der Waals surface area contributed by atoms with Crippen LogP contribution in [0.2, 0.25) is 5.02 Å². The van der Waals surface area contributed by atoms with Gasteiger partial charge < -0.3 is 15.0 Å². The van der Waals surface area contributed by atoms with Crippen molar-refractivity contribution in [1.29, 1.82) is 5.26 Å². The predicted molar refractivity (Wildman–Crippen MR) is 71.9 cm³/mol. The molecule has 1 aliphatic rings. The quantitative estimate of drug-likeness (QED) is 0.908. The summed E-state index contributed by atoms with van der Waals surface area (Å²) in [5.74, 6) is 0. The van der Waals surface area contributed by atoms with Gasteiger partial charge in [-0.15, -0.1) is 0 Å². The molecule has 0 aliphatic carbocycles. The van der Waals surface area contributed by atoms with E-state index in [1.807, 2.05) is 12.1 Å². The lowest BCUT2D eigenvalue weighted by Gasteiger charge is -2.30. The van der Waals surface area contributed by atoms with Gasteiger partial charge in [0.05, 0.1) is 29.0 Å². The van der Waals surface area contributed by atoms with E-state index < -0.39 is 0 Å². The zero-order valence-electron chi connectivity index (χ0n) is 10.3. The summed E-state index contributed by atoms with van der Waals surface area (Å²) in [6.45, 7) is 3.30. The van der Waals surface area contributed by atoms with Crippen molar-refractivity contribution in [2.75, 3.05) is 38.6 Å². The molecule has 0 amide bonds. The van der Waals surface area contributed by atoms with Crippen molar-refractivity contribution in [3.8, 4) is 6.07 Å². The predicted octanol–water partition coefficient (Wildman–Crippen LogP) is 1.95. The minimum absolute atomic E-state index is 0.147. The Hall–Kier alpha value is -1.28. The summed E-state index contributed by atoms with van der Waals surface area (Å²) in [6.07, 6.45) is 0.147. The summed E-state index contributed by atoms with van der Waals surface area (Å²) in [6, 6.07) is 7.52. The number of nitrogens with one attached hydrogen (secondary N) is 1. The second-order valence-electron chi connectivity index (χ2n) is 4.41. The van der Waals surface area contributed by atoms with Crippen LogP contribution in [-0.4, -0.2) is 44.3 Å². The fraction of sp³-hybridized carbons (Fsp3) is 0.462. The first-order chi connectivity index (χ1) is 8.70. The molecule has 0 radical (unpaired) electrons. The van der Waals surface area contributed by atoms with Crippen LogP contribution in [0.1, 0.15) is 5.56 Å². The van der Waals surface area contributed by atoms with Gasteiger partial charge in [0.2, 0.25) is 0 Å². The molecule has 0 bridgehead atoms. The summed E-state index contributed by atoms with van der Waals surface area (Å²) in [5.41, 5.74) is 1.25. The van der Waals surface area contributed by atoms with Gasteiger partial charge >= 0.3 is 0 Å². The Labute approximate surface area is 112 Å². The minimum atomic E-state index is 0.147. The molecular weight excluding hydrogens is 250 g/mol. The number of nitriles is 1. The van der Waals surface area contributed by atoms with Crippen LogP contribution >= 0.6 is 11.6 Å². The first-order valence-electron chi connectivity index (χ1n) is 5.93. The number of halogens is 1. The van der Waals surface area contributed by atoms with Crippen molar-refractivity contribution < 1.29 is 4.74 Å². The highest BCUT2D eigenvalue weighted by molar-refractivity contribution is 6.32. The van der Waals surface area contributed by atoms with Crippen LogP contribution < -0.4 is 5.32 Å². The van der Waals surface area contributed by atoms with E-state index in [0.717, 1.165) is 25.4 Å². The van der Waals surface area contributed by atoms with E-state index >= 15 is 0 Å². The van der Waals surface area contributed by atoms with Gasteiger partial charge in [-0.25, -0.2) is 0 Å². The van der Waals surface area contributed by atoms with E-state index in [1.54, 1.807) is 6.07 Å². The van der Waals surface area contributed by atoms with Gasteiger partial charge in [-0.1, -0.05) is 17.7 Å². The summed E-state index contributed by atoms with van der Waals surface area (Å²) < 4.78 is 5.65. The monoisotopic (exact) mass is 265 g/mol. The van der Waals surface area contributed by atoms with Gasteiger partial charge in [-0.3, -0.25) is 0 Å². The number of likely N-dealkylation sites (N-methyl/N-ethyl adjacent to an activating group) is 1. The van der Waals surface area contributed by atoms with Crippen LogP contribution in [0.4, 0.5) is 5.69 Å². The van der Waals surface area contributed by atoms with Crippen LogP contribution in [0.3, 0.4) is 0 Å². The summed E-state index contributed by atoms with van der Waals surface area (Å²) in [5, 5.41) is 12.8. The molecule has 5 heteroatoms. The third-order valence-electron chi connectivity index (χ3n) is 2.99. The number of benzene rings is 1. The highest BCUT2D eigenvalue weighted by Crippen LogP contribution is 2.23. The Morgan fingerprint density at radius 3 is 3.17 bits per heavy atom. The average Bonchev–Trinajstić information content (AvgIpc) is 2.36. The topological polar surface area (TPSA) is 48.3 Å². The van der Waals surface area contributed by atoms with E-state index in [-0.39, 0.29) is 6.10 Å². The maximum absolute atomic E-state index is 9.06. The molecule has 1 aromatic carbocycles. The summed E-state index contributed by atoms with van der Waals surface area (Å²) in [7, 11) is 2.08. The van der Waals surface area contributed by atoms with Gasteiger partial charge in [-0.2, -0.15) is 5.26 Å². The average molecular weight is 266 g/mol. The smallest absolute Gasteiger partial charge is 0.103 e. The molecule has 1 aliphatic heterocycles. The number of ether oxygens (including phenoxy) is 1. The molecule has 4 nitrogen and oxygen atoms in total. The Morgan fingerprint density at radius 1 is 1.61 bits per heavy atom. The zero-order chi connectivity index (χ0) is 13.0. The molecule has 1 aromatic rings. The molecule has 1 saturated heterocycles. The highest BCUT2D eigenvalue weighted by Gasteiger charge is 2.17. The number of nitrogens with zero attached hydrogens (tertiary/aromatic N) is 2. The molecule has 96 valence electrons. The Kier molecular flexibility index (Phi) is 4.43. The lowest BCUT2D eigenvalue weighted by Crippen LogP contribution is -2.43. The third-order valence-corrected chi connectivity index (χ3v) is 3.30. The van der Waals surface area contributed by atoms with Gasteiger partial charge in [0.1, 0.15) is 6.07 Å². The first kappa shape index (κ1) is 13.2. The first-order valence-corrected chi connectivity index (χ1v) is 6.31. The van der Waals surface area contributed by atoms with E-state index in [1.165, 1.54) is 0 Å². The van der Waals surface area contributed by atoms with Crippen LogP contribution in [0.25, 0.3) is 0 Å². The number of hydrogen-bond acceptors (Lipinski definition) is 4. The number of morpholine rings is 1. The fourth-order valence-corrected chi connectivity index (χ4v) is 2.22. The molecule has 2 rings (SSSR count). The third kappa shape index (κ3) is 3.14.